The van der Waals surface area contributed by atoms with Gasteiger partial charge in [0.05, 0.1) is 31.4 Å². The summed E-state index contributed by atoms with van der Waals surface area (Å²) >= 11 is 0. The highest BCUT2D eigenvalue weighted by atomic mass is 16.5. The molecule has 0 radical (unpaired) electrons. The van der Waals surface area contributed by atoms with Gasteiger partial charge >= 0.3 is 0 Å². The van der Waals surface area contributed by atoms with E-state index < -0.39 is 5.92 Å². The van der Waals surface area contributed by atoms with Gasteiger partial charge in [-0.25, -0.2) is 0 Å². The third kappa shape index (κ3) is 2.65. The molecule has 0 amide bonds. The second kappa shape index (κ2) is 6.70. The van der Waals surface area contributed by atoms with Gasteiger partial charge in [-0.2, -0.15) is 5.26 Å². The normalized spacial score (nSPS) is 15.6. The van der Waals surface area contributed by atoms with Gasteiger partial charge in [0.1, 0.15) is 34.7 Å². The highest BCUT2D eigenvalue weighted by molar-refractivity contribution is 5.76. The van der Waals surface area contributed by atoms with E-state index in [4.69, 9.17) is 24.4 Å². The molecule has 0 spiro atoms. The number of nitrogens with one attached hydrogen (secondary N) is 1. The lowest BCUT2D eigenvalue weighted by Crippen LogP contribution is -2.20. The van der Waals surface area contributed by atoms with Crippen LogP contribution < -0.4 is 19.9 Å². The molecule has 3 N–H and O–H groups in total. The molecule has 1 aliphatic heterocycles. The van der Waals surface area contributed by atoms with Gasteiger partial charge < -0.3 is 24.4 Å². The second-order valence-electron chi connectivity index (χ2n) is 6.26. The van der Waals surface area contributed by atoms with Crippen molar-refractivity contribution in [2.24, 2.45) is 5.73 Å². The Morgan fingerprint density at radius 2 is 2.04 bits per heavy atom. The fourth-order valence-corrected chi connectivity index (χ4v) is 3.35. The van der Waals surface area contributed by atoms with Crippen molar-refractivity contribution in [1.29, 1.82) is 5.26 Å². The molecule has 0 aliphatic carbocycles. The summed E-state index contributed by atoms with van der Waals surface area (Å²) in [6, 6.07) is 11.2. The SMILES string of the molecule is COc1ccc(OC)c(-c2[nH]nc3c2C(c2ccc(C)o2)C(C#N)=C(N)O3)c1. The predicted molar refractivity (Wildman–Crippen MR) is 99.9 cm³/mol. The van der Waals surface area contributed by atoms with Crippen LogP contribution in [0.1, 0.15) is 23.0 Å². The van der Waals surface area contributed by atoms with Crippen LogP contribution in [0.3, 0.4) is 0 Å². The van der Waals surface area contributed by atoms with Crippen LogP contribution in [0.4, 0.5) is 0 Å². The Balaban J connectivity index is 1.97. The standard InChI is InChI=1S/C20H18N4O4/c1-10-4-6-15(27-10)16-13(9-21)19(22)28-20-17(16)18(23-24-20)12-8-11(25-2)5-7-14(12)26-3/h4-8,16H,22H2,1-3H3,(H,23,24). The number of H-pyrrole nitrogens is 1. The molecular weight excluding hydrogens is 360 g/mol. The maximum Gasteiger partial charge on any atom is 0.244 e. The van der Waals surface area contributed by atoms with E-state index >= 15 is 0 Å². The highest BCUT2D eigenvalue weighted by Crippen LogP contribution is 2.47. The summed E-state index contributed by atoms with van der Waals surface area (Å²) in [4.78, 5) is 0. The third-order valence-corrected chi connectivity index (χ3v) is 4.66. The number of ether oxygens (including phenoxy) is 3. The molecule has 0 bridgehead atoms. The summed E-state index contributed by atoms with van der Waals surface area (Å²) in [5.41, 5.74) is 8.23. The molecule has 1 unspecified atom stereocenters. The zero-order valence-electron chi connectivity index (χ0n) is 15.6. The Morgan fingerprint density at radius 3 is 2.68 bits per heavy atom. The van der Waals surface area contributed by atoms with E-state index in [-0.39, 0.29) is 17.3 Å². The van der Waals surface area contributed by atoms with Crippen LogP contribution in [0.15, 0.2) is 46.2 Å². The Labute approximate surface area is 161 Å². The minimum atomic E-state index is -0.563. The zero-order valence-corrected chi connectivity index (χ0v) is 15.6. The maximum atomic E-state index is 9.72. The smallest absolute Gasteiger partial charge is 0.244 e. The monoisotopic (exact) mass is 378 g/mol. The van der Waals surface area contributed by atoms with E-state index in [2.05, 4.69) is 16.3 Å². The maximum absolute atomic E-state index is 9.72. The molecule has 8 nitrogen and oxygen atoms in total. The summed E-state index contributed by atoms with van der Waals surface area (Å²) in [5.74, 6) is 2.29. The van der Waals surface area contributed by atoms with Crippen molar-refractivity contribution in [3.8, 4) is 34.7 Å². The fraction of sp³-hybridized carbons (Fsp3) is 0.200. The van der Waals surface area contributed by atoms with Crippen LogP contribution in [-0.2, 0) is 0 Å². The van der Waals surface area contributed by atoms with Gasteiger partial charge in [0, 0.05) is 5.56 Å². The number of allylic oxidation sites excluding steroid dienone is 1. The molecule has 4 rings (SSSR count). The van der Waals surface area contributed by atoms with E-state index in [1.807, 2.05) is 25.1 Å². The van der Waals surface area contributed by atoms with Gasteiger partial charge in [0.15, 0.2) is 0 Å². The molecule has 2 aromatic heterocycles. The Kier molecular flexibility index (Phi) is 4.20. The molecule has 8 heteroatoms. The number of hydrogen-bond donors (Lipinski definition) is 2. The Bertz CT molecular complexity index is 1120. The molecule has 3 heterocycles. The summed E-state index contributed by atoms with van der Waals surface area (Å²) < 4.78 is 22.3. The number of aryl methyl sites for hydroxylation is 1. The molecular formula is C20H18N4O4. The van der Waals surface area contributed by atoms with Gasteiger partial charge in [0.2, 0.25) is 11.8 Å². The number of aromatic nitrogens is 2. The first kappa shape index (κ1) is 17.5. The van der Waals surface area contributed by atoms with Crippen molar-refractivity contribution in [1.82, 2.24) is 10.2 Å². The van der Waals surface area contributed by atoms with Gasteiger partial charge in [-0.1, -0.05) is 0 Å². The van der Waals surface area contributed by atoms with Gasteiger partial charge in [0.25, 0.3) is 0 Å². The molecule has 0 fully saturated rings. The summed E-state index contributed by atoms with van der Waals surface area (Å²) in [6.45, 7) is 1.84. The van der Waals surface area contributed by atoms with E-state index in [1.165, 1.54) is 0 Å². The number of furan rings is 1. The number of nitrogens with two attached hydrogens (primary N) is 1. The fourth-order valence-electron chi connectivity index (χ4n) is 3.35. The lowest BCUT2D eigenvalue weighted by Gasteiger charge is -2.22. The number of nitriles is 1. The molecule has 1 aliphatic rings. The Morgan fingerprint density at radius 1 is 1.21 bits per heavy atom. The summed E-state index contributed by atoms with van der Waals surface area (Å²) in [6.07, 6.45) is 0. The largest absolute Gasteiger partial charge is 0.497 e. The third-order valence-electron chi connectivity index (χ3n) is 4.66. The van der Waals surface area contributed by atoms with Crippen molar-refractivity contribution >= 4 is 0 Å². The zero-order chi connectivity index (χ0) is 19.8. The number of methoxy groups -OCH3 is 2. The number of benzene rings is 1. The van der Waals surface area contributed by atoms with E-state index in [9.17, 15) is 5.26 Å². The number of rotatable bonds is 4. The second-order valence-corrected chi connectivity index (χ2v) is 6.26. The van der Waals surface area contributed by atoms with Gasteiger partial charge in [-0.05, 0) is 37.3 Å². The van der Waals surface area contributed by atoms with Crippen LogP contribution >= 0.6 is 0 Å². The average Bonchev–Trinajstić information content (AvgIpc) is 3.32. The molecule has 3 aromatic rings. The predicted octanol–water partition coefficient (Wildman–Crippen LogP) is 3.21. The van der Waals surface area contributed by atoms with Crippen molar-refractivity contribution in [3.05, 3.63) is 58.9 Å². The number of hydrogen-bond acceptors (Lipinski definition) is 7. The molecule has 28 heavy (non-hydrogen) atoms. The molecule has 0 saturated carbocycles. The van der Waals surface area contributed by atoms with Crippen LogP contribution in [0.2, 0.25) is 0 Å². The Hall–Kier alpha value is -3.86. The first-order valence-electron chi connectivity index (χ1n) is 8.52. The number of fused-ring (bicyclic) bond motifs is 1. The molecule has 1 aromatic carbocycles. The van der Waals surface area contributed by atoms with Gasteiger partial charge in [-0.3, -0.25) is 5.10 Å². The number of nitrogens with zero attached hydrogens (tertiary/aromatic N) is 2. The minimum Gasteiger partial charge on any atom is -0.497 e. The average molecular weight is 378 g/mol. The van der Waals surface area contributed by atoms with E-state index in [1.54, 1.807) is 26.4 Å². The summed E-state index contributed by atoms with van der Waals surface area (Å²) in [7, 11) is 3.17. The molecule has 142 valence electrons. The van der Waals surface area contributed by atoms with Crippen molar-refractivity contribution in [2.75, 3.05) is 14.2 Å². The van der Waals surface area contributed by atoms with E-state index in [0.717, 1.165) is 5.76 Å². The van der Waals surface area contributed by atoms with Crippen LogP contribution in [0.25, 0.3) is 11.3 Å². The van der Waals surface area contributed by atoms with Gasteiger partial charge in [-0.15, -0.1) is 5.10 Å². The van der Waals surface area contributed by atoms with Crippen molar-refractivity contribution in [3.63, 3.8) is 0 Å². The van der Waals surface area contributed by atoms with E-state index in [0.29, 0.717) is 34.1 Å². The lowest BCUT2D eigenvalue weighted by molar-refractivity contribution is 0.369. The van der Waals surface area contributed by atoms with Crippen molar-refractivity contribution < 1.29 is 18.6 Å². The first-order valence-corrected chi connectivity index (χ1v) is 8.52. The van der Waals surface area contributed by atoms with Crippen molar-refractivity contribution in [2.45, 2.75) is 12.8 Å². The van der Waals surface area contributed by atoms with Crippen LogP contribution in [-0.4, -0.2) is 24.4 Å². The minimum absolute atomic E-state index is 0.00436. The topological polar surface area (TPSA) is 119 Å². The summed E-state index contributed by atoms with van der Waals surface area (Å²) in [5, 5.41) is 17.0. The molecule has 1 atom stereocenters. The van der Waals surface area contributed by atoms with Crippen LogP contribution in [0.5, 0.6) is 17.4 Å². The molecule has 0 saturated heterocycles. The highest BCUT2D eigenvalue weighted by Gasteiger charge is 2.38. The lowest BCUT2D eigenvalue weighted by atomic mass is 9.86. The number of aromatic amines is 1. The first-order chi connectivity index (χ1) is 13.6. The van der Waals surface area contributed by atoms with Crippen LogP contribution in [0, 0.1) is 18.3 Å². The quantitative estimate of drug-likeness (QED) is 0.715.